The summed E-state index contributed by atoms with van der Waals surface area (Å²) in [6.07, 6.45) is 4.23. The highest BCUT2D eigenvalue weighted by atomic mass is 15.2. The molecule has 0 N–H and O–H groups in total. The smallest absolute Gasteiger partial charge is 0.0228 e. The second-order valence-electron chi connectivity index (χ2n) is 6.35. The average molecular weight is 248 g/mol. The van der Waals surface area contributed by atoms with Crippen molar-refractivity contribution in [1.82, 2.24) is 9.80 Å². The van der Waals surface area contributed by atoms with Gasteiger partial charge in [-0.1, -0.05) is 46.1 Å². The van der Waals surface area contributed by atoms with Crippen LogP contribution in [0.25, 0.3) is 0 Å². The lowest BCUT2D eigenvalue weighted by Crippen LogP contribution is -2.44. The quantitative estimate of drug-likeness (QED) is 0.706. The van der Waals surface area contributed by atoms with Crippen molar-refractivity contribution in [2.45, 2.75) is 20.8 Å². The van der Waals surface area contributed by atoms with E-state index >= 15 is 0 Å². The first-order valence-electron chi connectivity index (χ1n) is 6.75. The highest BCUT2D eigenvalue weighted by molar-refractivity contribution is 5.28. The van der Waals surface area contributed by atoms with Crippen LogP contribution in [0, 0.1) is 5.41 Å². The third-order valence-electron chi connectivity index (χ3n) is 3.51. The van der Waals surface area contributed by atoms with Crippen LogP contribution in [0.1, 0.15) is 20.8 Å². The molecule has 1 heterocycles. The molecule has 2 heteroatoms. The Morgan fingerprint density at radius 3 is 2.11 bits per heavy atom. The molecule has 0 spiro atoms. The molecular weight excluding hydrogens is 220 g/mol. The summed E-state index contributed by atoms with van der Waals surface area (Å²) in [5, 5.41) is 0. The fraction of sp³-hybridized carbons (Fsp3) is 0.625. The average Bonchev–Trinajstić information content (AvgIpc) is 2.28. The van der Waals surface area contributed by atoms with Gasteiger partial charge in [0.15, 0.2) is 0 Å². The first kappa shape index (κ1) is 15.2. The van der Waals surface area contributed by atoms with Crippen molar-refractivity contribution >= 4 is 0 Å². The molecule has 1 fully saturated rings. The fourth-order valence-electron chi connectivity index (χ4n) is 1.81. The monoisotopic (exact) mass is 248 g/mol. The number of piperazine rings is 1. The summed E-state index contributed by atoms with van der Waals surface area (Å²) in [6.45, 7) is 20.4. The molecule has 0 aliphatic carbocycles. The van der Waals surface area contributed by atoms with Crippen molar-refractivity contribution in [2.75, 3.05) is 39.8 Å². The van der Waals surface area contributed by atoms with Gasteiger partial charge in [0.1, 0.15) is 0 Å². The van der Waals surface area contributed by atoms with Crippen molar-refractivity contribution < 1.29 is 0 Å². The van der Waals surface area contributed by atoms with Gasteiger partial charge in [-0.15, -0.1) is 0 Å². The van der Waals surface area contributed by atoms with E-state index < -0.39 is 0 Å². The van der Waals surface area contributed by atoms with Crippen LogP contribution < -0.4 is 0 Å². The van der Waals surface area contributed by atoms with Gasteiger partial charge in [-0.2, -0.15) is 0 Å². The molecule has 0 atom stereocenters. The molecule has 0 aromatic carbocycles. The summed E-state index contributed by atoms with van der Waals surface area (Å²) in [4.78, 5) is 4.84. The summed E-state index contributed by atoms with van der Waals surface area (Å²) in [5.41, 5.74) is 2.47. The number of likely N-dealkylation sites (N-methyl/N-ethyl adjacent to an activating group) is 1. The van der Waals surface area contributed by atoms with Crippen molar-refractivity contribution in [2.24, 2.45) is 5.41 Å². The van der Waals surface area contributed by atoms with Crippen molar-refractivity contribution in [3.8, 4) is 0 Å². The summed E-state index contributed by atoms with van der Waals surface area (Å²) >= 11 is 0. The van der Waals surface area contributed by atoms with Gasteiger partial charge in [0.05, 0.1) is 0 Å². The number of nitrogens with zero attached hydrogens (tertiary/aromatic N) is 2. The van der Waals surface area contributed by atoms with Gasteiger partial charge in [-0.3, -0.25) is 4.90 Å². The van der Waals surface area contributed by atoms with Gasteiger partial charge in [0.25, 0.3) is 0 Å². The minimum atomic E-state index is 0.143. The lowest BCUT2D eigenvalue weighted by atomic mass is 9.87. The molecule has 0 aromatic heterocycles. The molecule has 0 radical (unpaired) electrons. The van der Waals surface area contributed by atoms with E-state index in [1.165, 1.54) is 5.57 Å². The van der Waals surface area contributed by atoms with Crippen molar-refractivity contribution in [3.05, 3.63) is 36.5 Å². The zero-order valence-electron chi connectivity index (χ0n) is 12.5. The number of rotatable bonds is 4. The number of hydrogen-bond donors (Lipinski definition) is 0. The molecule has 2 nitrogen and oxygen atoms in total. The van der Waals surface area contributed by atoms with Gasteiger partial charge in [0, 0.05) is 32.7 Å². The van der Waals surface area contributed by atoms with E-state index in [0.717, 1.165) is 38.3 Å². The Kier molecular flexibility index (Phi) is 5.36. The van der Waals surface area contributed by atoms with Gasteiger partial charge >= 0.3 is 0 Å². The van der Waals surface area contributed by atoms with Crippen LogP contribution in [0.15, 0.2) is 36.5 Å². The molecule has 0 unspecified atom stereocenters. The van der Waals surface area contributed by atoms with E-state index in [-0.39, 0.29) is 5.41 Å². The molecule has 102 valence electrons. The van der Waals surface area contributed by atoms with E-state index in [4.69, 9.17) is 0 Å². The largest absolute Gasteiger partial charge is 0.304 e. The predicted molar refractivity (Wildman–Crippen MR) is 80.8 cm³/mol. The molecular formula is C16H28N2. The Labute approximate surface area is 113 Å². The number of allylic oxidation sites excluding steroid dienone is 2. The predicted octanol–water partition coefficient (Wildman–Crippen LogP) is 2.95. The maximum absolute atomic E-state index is 4.14. The van der Waals surface area contributed by atoms with Crippen LogP contribution in [0.2, 0.25) is 0 Å². The molecule has 0 bridgehead atoms. The Hall–Kier alpha value is -0.860. The highest BCUT2D eigenvalue weighted by Gasteiger charge is 2.14. The fourth-order valence-corrected chi connectivity index (χ4v) is 1.81. The Morgan fingerprint density at radius 2 is 1.61 bits per heavy atom. The van der Waals surface area contributed by atoms with Crippen LogP contribution >= 0.6 is 0 Å². The minimum Gasteiger partial charge on any atom is -0.304 e. The first-order valence-corrected chi connectivity index (χ1v) is 6.75. The molecule has 1 saturated heterocycles. The number of hydrogen-bond acceptors (Lipinski definition) is 2. The summed E-state index contributed by atoms with van der Waals surface area (Å²) < 4.78 is 0. The van der Waals surface area contributed by atoms with Crippen LogP contribution in [0.5, 0.6) is 0 Å². The zero-order valence-corrected chi connectivity index (χ0v) is 12.5. The molecule has 1 aliphatic heterocycles. The topological polar surface area (TPSA) is 6.48 Å². The molecule has 1 aliphatic rings. The van der Waals surface area contributed by atoms with Crippen molar-refractivity contribution in [1.29, 1.82) is 0 Å². The lowest BCUT2D eigenvalue weighted by Gasteiger charge is -2.32. The van der Waals surface area contributed by atoms with E-state index in [0.29, 0.717) is 0 Å². The van der Waals surface area contributed by atoms with Gasteiger partial charge in [-0.05, 0) is 23.6 Å². The van der Waals surface area contributed by atoms with Crippen LogP contribution in [-0.4, -0.2) is 49.6 Å². The molecule has 1 rings (SSSR count). The maximum Gasteiger partial charge on any atom is 0.0228 e. The maximum atomic E-state index is 4.14. The van der Waals surface area contributed by atoms with E-state index in [1.807, 2.05) is 0 Å². The SMILES string of the molecule is C=C(C=CC(=C)C(C)(C)C)CN1CCN(C)CC1. The van der Waals surface area contributed by atoms with Gasteiger partial charge in [-0.25, -0.2) is 0 Å². The first-order chi connectivity index (χ1) is 8.29. The molecule has 0 aromatic rings. The molecule has 18 heavy (non-hydrogen) atoms. The summed E-state index contributed by atoms with van der Waals surface area (Å²) in [7, 11) is 2.18. The van der Waals surface area contributed by atoms with Crippen molar-refractivity contribution in [3.63, 3.8) is 0 Å². The third kappa shape index (κ3) is 5.19. The second-order valence-corrected chi connectivity index (χ2v) is 6.35. The molecule has 0 amide bonds. The van der Waals surface area contributed by atoms with Crippen LogP contribution in [0.4, 0.5) is 0 Å². The second kappa shape index (κ2) is 6.35. The standard InChI is InChI=1S/C16H28N2/c1-14(7-8-15(2)16(3,4)5)13-18-11-9-17(6)10-12-18/h7-8H,1-2,9-13H2,3-6H3. The minimum absolute atomic E-state index is 0.143. The summed E-state index contributed by atoms with van der Waals surface area (Å²) in [6, 6.07) is 0. The van der Waals surface area contributed by atoms with Crippen LogP contribution in [0.3, 0.4) is 0 Å². The zero-order chi connectivity index (χ0) is 13.8. The van der Waals surface area contributed by atoms with E-state index in [9.17, 15) is 0 Å². The third-order valence-corrected chi connectivity index (χ3v) is 3.51. The Balaban J connectivity index is 2.38. The van der Waals surface area contributed by atoms with Crippen LogP contribution in [-0.2, 0) is 0 Å². The van der Waals surface area contributed by atoms with E-state index in [1.54, 1.807) is 0 Å². The lowest BCUT2D eigenvalue weighted by molar-refractivity contribution is 0.165. The normalized spacial score (nSPS) is 19.3. The highest BCUT2D eigenvalue weighted by Crippen LogP contribution is 2.24. The Morgan fingerprint density at radius 1 is 1.06 bits per heavy atom. The van der Waals surface area contributed by atoms with Gasteiger partial charge in [0.2, 0.25) is 0 Å². The van der Waals surface area contributed by atoms with E-state index in [2.05, 4.69) is 62.9 Å². The Bertz CT molecular complexity index is 325. The van der Waals surface area contributed by atoms with Gasteiger partial charge < -0.3 is 4.90 Å². The summed E-state index contributed by atoms with van der Waals surface area (Å²) in [5.74, 6) is 0. The molecule has 0 saturated carbocycles.